The van der Waals surface area contributed by atoms with Gasteiger partial charge in [-0.1, -0.05) is 24.3 Å². The normalized spacial score (nSPS) is 12.0. The predicted molar refractivity (Wildman–Crippen MR) is 122 cm³/mol. The number of para-hydroxylation sites is 1. The van der Waals surface area contributed by atoms with Gasteiger partial charge >= 0.3 is 6.18 Å². The lowest BCUT2D eigenvalue weighted by Gasteiger charge is -2.16. The molecule has 0 saturated heterocycles. The molecule has 9 heteroatoms. The first-order valence-corrected chi connectivity index (χ1v) is 10.4. The van der Waals surface area contributed by atoms with Gasteiger partial charge in [-0.3, -0.25) is 4.79 Å². The summed E-state index contributed by atoms with van der Waals surface area (Å²) in [6.45, 7) is 5.52. The minimum absolute atomic E-state index is 0.00317. The number of nitrogens with zero attached hydrogens (tertiary/aromatic N) is 4. The van der Waals surface area contributed by atoms with Crippen molar-refractivity contribution in [3.63, 3.8) is 0 Å². The van der Waals surface area contributed by atoms with Crippen LogP contribution in [0.4, 0.5) is 19.1 Å². The number of halogens is 3. The Hall–Kier alpha value is -3.88. The molecule has 4 aromatic rings. The van der Waals surface area contributed by atoms with Crippen LogP contribution < -0.4 is 10.5 Å². The van der Waals surface area contributed by atoms with Crippen molar-refractivity contribution in [2.45, 2.75) is 20.0 Å². The summed E-state index contributed by atoms with van der Waals surface area (Å²) in [7, 11) is 0. The molecule has 0 radical (unpaired) electrons. The highest BCUT2D eigenvalue weighted by atomic mass is 19.4. The Morgan fingerprint density at radius 1 is 1.06 bits per heavy atom. The van der Waals surface area contributed by atoms with E-state index in [1.54, 1.807) is 36.4 Å². The van der Waals surface area contributed by atoms with Gasteiger partial charge in [0.25, 0.3) is 5.56 Å². The van der Waals surface area contributed by atoms with Gasteiger partial charge in [-0.15, -0.1) is 0 Å². The van der Waals surface area contributed by atoms with Crippen molar-refractivity contribution in [1.82, 2.24) is 9.66 Å². The number of rotatable bonds is 6. The summed E-state index contributed by atoms with van der Waals surface area (Å²) in [5.41, 5.74) is -0.857. The average Bonchev–Trinajstić information content (AvgIpc) is 3.27. The van der Waals surface area contributed by atoms with E-state index in [4.69, 9.17) is 4.42 Å². The zero-order valence-electron chi connectivity index (χ0n) is 18.0. The standard InChI is InChI=1S/C24H21F3N4O2/c1-3-30(4-2)21-13-12-18(33-21)15-28-31-22(16-8-7-9-17(14-16)24(25,26)27)29-20-11-6-5-10-19(20)23(31)32/h5-15H,3-4H2,1-2H3. The van der Waals surface area contributed by atoms with Crippen LogP contribution in [-0.2, 0) is 6.18 Å². The minimum atomic E-state index is -4.53. The first-order valence-electron chi connectivity index (χ1n) is 10.4. The molecule has 4 rings (SSSR count). The van der Waals surface area contributed by atoms with Crippen molar-refractivity contribution in [3.8, 4) is 11.4 Å². The highest BCUT2D eigenvalue weighted by Crippen LogP contribution is 2.32. The molecule has 0 atom stereocenters. The first kappa shape index (κ1) is 22.3. The number of alkyl halides is 3. The van der Waals surface area contributed by atoms with Crippen molar-refractivity contribution in [3.05, 3.63) is 82.3 Å². The number of benzene rings is 2. The molecule has 33 heavy (non-hydrogen) atoms. The Morgan fingerprint density at radius 3 is 2.55 bits per heavy atom. The minimum Gasteiger partial charge on any atom is -0.440 e. The van der Waals surface area contributed by atoms with E-state index in [1.165, 1.54) is 18.3 Å². The summed E-state index contributed by atoms with van der Waals surface area (Å²) in [6.07, 6.45) is -3.18. The maximum atomic E-state index is 13.3. The molecule has 0 aliphatic heterocycles. The molecular weight excluding hydrogens is 433 g/mol. The van der Waals surface area contributed by atoms with Gasteiger partial charge < -0.3 is 9.32 Å². The number of fused-ring (bicyclic) bond motifs is 1. The van der Waals surface area contributed by atoms with E-state index in [0.717, 1.165) is 29.9 Å². The van der Waals surface area contributed by atoms with E-state index in [-0.39, 0.29) is 11.4 Å². The first-order chi connectivity index (χ1) is 15.8. The van der Waals surface area contributed by atoms with Crippen LogP contribution >= 0.6 is 0 Å². The van der Waals surface area contributed by atoms with Gasteiger partial charge in [-0.05, 0) is 44.2 Å². The van der Waals surface area contributed by atoms with Crippen LogP contribution in [0.1, 0.15) is 25.2 Å². The number of hydrogen-bond donors (Lipinski definition) is 0. The van der Waals surface area contributed by atoms with Gasteiger partial charge in [-0.25, -0.2) is 4.98 Å². The van der Waals surface area contributed by atoms with E-state index in [1.807, 2.05) is 18.7 Å². The molecule has 6 nitrogen and oxygen atoms in total. The highest BCUT2D eigenvalue weighted by molar-refractivity contribution is 5.81. The summed E-state index contributed by atoms with van der Waals surface area (Å²) >= 11 is 0. The third kappa shape index (κ3) is 4.52. The van der Waals surface area contributed by atoms with Crippen molar-refractivity contribution >= 4 is 23.0 Å². The number of hydrogen-bond acceptors (Lipinski definition) is 5. The average molecular weight is 454 g/mol. The van der Waals surface area contributed by atoms with Crippen molar-refractivity contribution in [2.24, 2.45) is 5.10 Å². The molecule has 2 aromatic carbocycles. The van der Waals surface area contributed by atoms with Crippen LogP contribution in [0.3, 0.4) is 0 Å². The van der Waals surface area contributed by atoms with E-state index >= 15 is 0 Å². The van der Waals surface area contributed by atoms with Gasteiger partial charge in [0.1, 0.15) is 5.76 Å². The third-order valence-electron chi connectivity index (χ3n) is 5.19. The van der Waals surface area contributed by atoms with Crippen LogP contribution in [0.2, 0.25) is 0 Å². The largest absolute Gasteiger partial charge is 0.440 e. The van der Waals surface area contributed by atoms with E-state index in [0.29, 0.717) is 22.5 Å². The third-order valence-corrected chi connectivity index (χ3v) is 5.19. The second-order valence-corrected chi connectivity index (χ2v) is 7.24. The van der Waals surface area contributed by atoms with Gasteiger partial charge in [0, 0.05) is 24.7 Å². The van der Waals surface area contributed by atoms with Gasteiger partial charge in [0.05, 0.1) is 22.7 Å². The van der Waals surface area contributed by atoms with Gasteiger partial charge in [-0.2, -0.15) is 22.9 Å². The Labute approximate surface area is 187 Å². The zero-order chi connectivity index (χ0) is 23.6. The summed E-state index contributed by atoms with van der Waals surface area (Å²) in [5.74, 6) is 1.05. The number of anilines is 1. The predicted octanol–water partition coefficient (Wildman–Crippen LogP) is 5.40. The second kappa shape index (κ2) is 8.93. The summed E-state index contributed by atoms with van der Waals surface area (Å²) < 4.78 is 46.6. The molecule has 0 aliphatic rings. The molecule has 170 valence electrons. The lowest BCUT2D eigenvalue weighted by atomic mass is 10.1. The quantitative estimate of drug-likeness (QED) is 0.366. The topological polar surface area (TPSA) is 63.6 Å². The molecule has 0 aliphatic carbocycles. The lowest BCUT2D eigenvalue weighted by Crippen LogP contribution is -2.21. The monoisotopic (exact) mass is 454 g/mol. The molecule has 0 spiro atoms. The number of aromatic nitrogens is 2. The molecule has 0 amide bonds. The smallest absolute Gasteiger partial charge is 0.416 e. The van der Waals surface area contributed by atoms with Crippen LogP contribution in [0.25, 0.3) is 22.3 Å². The van der Waals surface area contributed by atoms with E-state index < -0.39 is 17.3 Å². The summed E-state index contributed by atoms with van der Waals surface area (Å²) in [4.78, 5) is 19.6. The summed E-state index contributed by atoms with van der Waals surface area (Å²) in [6, 6.07) is 14.8. The zero-order valence-corrected chi connectivity index (χ0v) is 18.0. The van der Waals surface area contributed by atoms with Crippen LogP contribution in [-0.4, -0.2) is 29.0 Å². The molecule has 0 saturated carbocycles. The molecule has 0 fully saturated rings. The van der Waals surface area contributed by atoms with Crippen LogP contribution in [0, 0.1) is 0 Å². The second-order valence-electron chi connectivity index (χ2n) is 7.24. The van der Waals surface area contributed by atoms with E-state index in [9.17, 15) is 18.0 Å². The maximum Gasteiger partial charge on any atom is 0.416 e. The molecular formula is C24H21F3N4O2. The Kier molecular flexibility index (Phi) is 6.04. The number of furan rings is 1. The molecule has 2 heterocycles. The fraction of sp³-hybridized carbons (Fsp3) is 0.208. The fourth-order valence-corrected chi connectivity index (χ4v) is 3.48. The van der Waals surface area contributed by atoms with Gasteiger partial charge in [0.15, 0.2) is 11.7 Å². The highest BCUT2D eigenvalue weighted by Gasteiger charge is 2.31. The summed E-state index contributed by atoms with van der Waals surface area (Å²) in [5, 5.41) is 4.54. The molecule has 2 aromatic heterocycles. The Bertz CT molecular complexity index is 1370. The molecule has 0 bridgehead atoms. The van der Waals surface area contributed by atoms with Crippen LogP contribution in [0.5, 0.6) is 0 Å². The van der Waals surface area contributed by atoms with Gasteiger partial charge in [0.2, 0.25) is 0 Å². The van der Waals surface area contributed by atoms with E-state index in [2.05, 4.69) is 10.1 Å². The van der Waals surface area contributed by atoms with Crippen molar-refractivity contribution in [2.75, 3.05) is 18.0 Å². The van der Waals surface area contributed by atoms with Crippen molar-refractivity contribution < 1.29 is 17.6 Å². The molecule has 0 unspecified atom stereocenters. The Balaban J connectivity index is 1.85. The van der Waals surface area contributed by atoms with Crippen LogP contribution in [0.15, 0.2) is 75.0 Å². The fourth-order valence-electron chi connectivity index (χ4n) is 3.48. The Morgan fingerprint density at radius 2 is 1.82 bits per heavy atom. The lowest BCUT2D eigenvalue weighted by molar-refractivity contribution is -0.137. The molecule has 0 N–H and O–H groups in total. The van der Waals surface area contributed by atoms with Crippen molar-refractivity contribution in [1.29, 1.82) is 0 Å². The maximum absolute atomic E-state index is 13.3. The SMILES string of the molecule is CCN(CC)c1ccc(C=Nn2c(-c3cccc(C(F)(F)F)c3)nc3ccccc3c2=O)o1.